The minimum absolute atomic E-state index is 0.0542. The highest BCUT2D eigenvalue weighted by atomic mass is 19.3. The number of pyridine rings is 1. The first-order valence-corrected chi connectivity index (χ1v) is 10.0. The summed E-state index contributed by atoms with van der Waals surface area (Å²) in [4.78, 5) is 23.0. The number of aromatic amines is 1. The molecule has 4 aromatic rings. The van der Waals surface area contributed by atoms with Crippen LogP contribution in [0.3, 0.4) is 0 Å². The molecule has 9 heteroatoms. The van der Waals surface area contributed by atoms with Crippen molar-refractivity contribution < 1.29 is 13.6 Å². The Labute approximate surface area is 176 Å². The smallest absolute Gasteiger partial charge is 0.255 e. The molecule has 7 nitrogen and oxygen atoms in total. The van der Waals surface area contributed by atoms with E-state index in [0.29, 0.717) is 17.0 Å². The summed E-state index contributed by atoms with van der Waals surface area (Å²) in [5, 5.41) is 7.58. The summed E-state index contributed by atoms with van der Waals surface area (Å²) in [6, 6.07) is 9.69. The van der Waals surface area contributed by atoms with Gasteiger partial charge in [0.15, 0.2) is 5.82 Å². The molecule has 158 valence electrons. The predicted molar refractivity (Wildman–Crippen MR) is 111 cm³/mol. The molecule has 4 heterocycles. The largest absolute Gasteiger partial charge is 0.338 e. The van der Waals surface area contributed by atoms with Crippen molar-refractivity contribution in [2.75, 3.05) is 13.1 Å². The molecule has 0 aliphatic carbocycles. The number of aryl methyl sites for hydroxylation is 1. The molecular weight excluding hydrogens is 402 g/mol. The van der Waals surface area contributed by atoms with Crippen LogP contribution in [0.5, 0.6) is 0 Å². The van der Waals surface area contributed by atoms with Gasteiger partial charge in [-0.25, -0.2) is 18.7 Å². The molecule has 0 saturated carbocycles. The second kappa shape index (κ2) is 7.26. The number of aromatic nitrogens is 5. The number of carbonyl (C=O) groups excluding carboxylic acids is 1. The van der Waals surface area contributed by atoms with E-state index < -0.39 is 5.92 Å². The number of fused-ring (bicyclic) bond motifs is 1. The molecule has 0 radical (unpaired) electrons. The lowest BCUT2D eigenvalue weighted by molar-refractivity contribution is -0.0494. The fourth-order valence-electron chi connectivity index (χ4n) is 3.95. The zero-order valence-corrected chi connectivity index (χ0v) is 16.8. The van der Waals surface area contributed by atoms with Crippen molar-refractivity contribution in [1.82, 2.24) is 29.6 Å². The van der Waals surface area contributed by atoms with E-state index in [9.17, 15) is 13.6 Å². The van der Waals surface area contributed by atoms with E-state index in [-0.39, 0.29) is 31.8 Å². The number of alkyl halides is 2. The van der Waals surface area contributed by atoms with Gasteiger partial charge in [0.2, 0.25) is 0 Å². The summed E-state index contributed by atoms with van der Waals surface area (Å²) >= 11 is 0. The number of carbonyl (C=O) groups is 1. The Balaban J connectivity index is 1.46. The van der Waals surface area contributed by atoms with E-state index in [0.717, 1.165) is 22.2 Å². The summed E-state index contributed by atoms with van der Waals surface area (Å²) in [7, 11) is 0. The molecule has 5 rings (SSSR count). The molecule has 0 unspecified atom stereocenters. The van der Waals surface area contributed by atoms with Crippen LogP contribution in [0.2, 0.25) is 0 Å². The number of hydrogen-bond donors (Lipinski definition) is 1. The molecule has 31 heavy (non-hydrogen) atoms. The second-order valence-electron chi connectivity index (χ2n) is 7.86. The minimum atomic E-state index is -2.69. The van der Waals surface area contributed by atoms with Gasteiger partial charge in [0, 0.05) is 55.0 Å². The third-order valence-electron chi connectivity index (χ3n) is 5.58. The van der Waals surface area contributed by atoms with Crippen LogP contribution >= 0.6 is 0 Å². The van der Waals surface area contributed by atoms with Gasteiger partial charge in [-0.3, -0.25) is 9.89 Å². The first-order valence-electron chi connectivity index (χ1n) is 10.0. The van der Waals surface area contributed by atoms with Crippen LogP contribution in [0.25, 0.3) is 28.1 Å². The minimum Gasteiger partial charge on any atom is -0.338 e. The third kappa shape index (κ3) is 3.67. The normalized spacial score (nSPS) is 16.0. The number of piperidine rings is 1. The zero-order chi connectivity index (χ0) is 21.6. The number of benzene rings is 1. The lowest BCUT2D eigenvalue weighted by atomic mass is 10.1. The van der Waals surface area contributed by atoms with Crippen molar-refractivity contribution in [3.05, 3.63) is 60.2 Å². The van der Waals surface area contributed by atoms with Crippen LogP contribution in [-0.2, 0) is 0 Å². The van der Waals surface area contributed by atoms with E-state index in [1.54, 1.807) is 6.07 Å². The Morgan fingerprint density at radius 3 is 2.68 bits per heavy atom. The van der Waals surface area contributed by atoms with E-state index in [1.807, 2.05) is 42.0 Å². The van der Waals surface area contributed by atoms with Crippen molar-refractivity contribution >= 4 is 16.9 Å². The van der Waals surface area contributed by atoms with Crippen molar-refractivity contribution in [1.29, 1.82) is 0 Å². The summed E-state index contributed by atoms with van der Waals surface area (Å²) in [5.41, 5.74) is 3.98. The molecule has 1 aliphatic heterocycles. The molecular formula is C22H20F2N6O. The Morgan fingerprint density at radius 2 is 1.94 bits per heavy atom. The highest BCUT2D eigenvalue weighted by molar-refractivity contribution is 5.97. The number of nitrogens with one attached hydrogen (secondary N) is 1. The molecule has 1 fully saturated rings. The lowest BCUT2D eigenvalue weighted by Crippen LogP contribution is -2.42. The van der Waals surface area contributed by atoms with Gasteiger partial charge in [0.25, 0.3) is 11.8 Å². The Kier molecular flexibility index (Phi) is 4.53. The highest BCUT2D eigenvalue weighted by Gasteiger charge is 2.35. The van der Waals surface area contributed by atoms with E-state index in [1.165, 1.54) is 17.4 Å². The molecule has 1 amide bonds. The Morgan fingerprint density at radius 1 is 1.13 bits per heavy atom. The maximum absolute atomic E-state index is 13.4. The first-order chi connectivity index (χ1) is 14.9. The maximum atomic E-state index is 13.4. The quantitative estimate of drug-likeness (QED) is 0.541. The van der Waals surface area contributed by atoms with Crippen LogP contribution in [-0.4, -0.2) is 54.6 Å². The lowest BCUT2D eigenvalue weighted by Gasteiger charge is -2.31. The molecule has 1 aliphatic rings. The van der Waals surface area contributed by atoms with E-state index in [2.05, 4.69) is 20.2 Å². The van der Waals surface area contributed by atoms with Crippen LogP contribution in [0.15, 0.2) is 49.1 Å². The predicted octanol–water partition coefficient (Wildman–Crippen LogP) is 3.99. The summed E-state index contributed by atoms with van der Waals surface area (Å²) in [6.07, 6.45) is 4.27. The number of amides is 1. The monoisotopic (exact) mass is 422 g/mol. The topological polar surface area (TPSA) is 79.7 Å². The maximum Gasteiger partial charge on any atom is 0.255 e. The van der Waals surface area contributed by atoms with Crippen LogP contribution < -0.4 is 0 Å². The van der Waals surface area contributed by atoms with Crippen LogP contribution in [0.1, 0.15) is 28.8 Å². The zero-order valence-electron chi connectivity index (χ0n) is 16.8. The van der Waals surface area contributed by atoms with Gasteiger partial charge in [0.1, 0.15) is 12.0 Å². The molecule has 0 atom stereocenters. The number of nitrogens with zero attached hydrogens (tertiary/aromatic N) is 5. The average molecular weight is 422 g/mol. The second-order valence-corrected chi connectivity index (χ2v) is 7.86. The van der Waals surface area contributed by atoms with Gasteiger partial charge in [-0.05, 0) is 42.8 Å². The van der Waals surface area contributed by atoms with Crippen molar-refractivity contribution in [3.63, 3.8) is 0 Å². The van der Waals surface area contributed by atoms with Gasteiger partial charge in [-0.15, -0.1) is 0 Å². The highest BCUT2D eigenvalue weighted by Crippen LogP contribution is 2.29. The molecule has 0 bridgehead atoms. The number of H-pyrrole nitrogens is 1. The van der Waals surface area contributed by atoms with Gasteiger partial charge in [-0.1, -0.05) is 0 Å². The third-order valence-corrected chi connectivity index (χ3v) is 5.58. The molecule has 3 aromatic heterocycles. The van der Waals surface area contributed by atoms with Gasteiger partial charge < -0.3 is 9.47 Å². The van der Waals surface area contributed by atoms with Crippen LogP contribution in [0, 0.1) is 6.92 Å². The van der Waals surface area contributed by atoms with Gasteiger partial charge in [0.05, 0.1) is 5.56 Å². The number of hydrogen-bond acceptors (Lipinski definition) is 4. The molecule has 1 aromatic carbocycles. The van der Waals surface area contributed by atoms with Crippen molar-refractivity contribution in [2.45, 2.75) is 25.7 Å². The van der Waals surface area contributed by atoms with Crippen molar-refractivity contribution in [2.24, 2.45) is 0 Å². The Hall–Kier alpha value is -3.62. The van der Waals surface area contributed by atoms with Crippen LogP contribution in [0.4, 0.5) is 8.78 Å². The first kappa shape index (κ1) is 19.3. The number of halogens is 2. The Bertz CT molecular complexity index is 1250. The average Bonchev–Trinajstić information content (AvgIpc) is 3.42. The van der Waals surface area contributed by atoms with E-state index in [4.69, 9.17) is 0 Å². The summed E-state index contributed by atoms with van der Waals surface area (Å²) < 4.78 is 28.7. The van der Waals surface area contributed by atoms with Gasteiger partial charge >= 0.3 is 0 Å². The van der Waals surface area contributed by atoms with Crippen molar-refractivity contribution in [3.8, 4) is 17.1 Å². The molecule has 1 N–H and O–H groups in total. The SMILES string of the molecule is Cc1cc(-c2ncn[nH]2)cc(-n2ccc3cc(C(=O)N4CCC(F)(F)CC4)cnc32)c1. The summed E-state index contributed by atoms with van der Waals surface area (Å²) in [6.45, 7) is 2.11. The summed E-state index contributed by atoms with van der Waals surface area (Å²) in [5.74, 6) is -2.27. The molecule has 0 spiro atoms. The number of rotatable bonds is 3. The standard InChI is InChI=1S/C22H20F2N6O/c1-14-8-16(19-26-13-27-28-19)11-18(9-14)30-5-2-15-10-17(12-25-20(15)30)21(31)29-6-3-22(23,24)4-7-29/h2,5,8-13H,3-4,6-7H2,1H3,(H,26,27,28). The fraction of sp³-hybridized carbons (Fsp3) is 0.273. The number of likely N-dealkylation sites (tertiary alicyclic amines) is 1. The van der Waals surface area contributed by atoms with E-state index >= 15 is 0 Å². The fourth-order valence-corrected chi connectivity index (χ4v) is 3.95. The van der Waals surface area contributed by atoms with Gasteiger partial charge in [-0.2, -0.15) is 5.10 Å². The molecule has 1 saturated heterocycles.